The average molecular weight is 319 g/mol. The topological polar surface area (TPSA) is 69.2 Å². The summed E-state index contributed by atoms with van der Waals surface area (Å²) < 4.78 is 0. The molecule has 0 saturated carbocycles. The number of carboxylic acid groups (broad SMARTS) is 1. The van der Waals surface area contributed by atoms with Crippen LogP contribution in [0.4, 0.5) is 5.82 Å². The fourth-order valence-corrected chi connectivity index (χ4v) is 3.43. The molecule has 0 aliphatic heterocycles. The van der Waals surface area contributed by atoms with E-state index in [1.54, 1.807) is 28.7 Å². The minimum absolute atomic E-state index is 0.0346. The van der Waals surface area contributed by atoms with E-state index < -0.39 is 5.97 Å². The molecule has 3 rings (SSSR count). The first-order chi connectivity index (χ1) is 10.2. The number of aromatic amines is 1. The van der Waals surface area contributed by atoms with Gasteiger partial charge in [-0.05, 0) is 22.9 Å². The SMILES string of the molecule is O=C(O)c1cc(N(Cc2cccs2)Cc2cccs2)[nH]n1. The summed E-state index contributed by atoms with van der Waals surface area (Å²) in [6, 6.07) is 9.74. The minimum atomic E-state index is -1.02. The molecule has 3 aromatic heterocycles. The van der Waals surface area contributed by atoms with Crippen molar-refractivity contribution in [3.63, 3.8) is 0 Å². The van der Waals surface area contributed by atoms with Gasteiger partial charge in [0.05, 0.1) is 13.1 Å². The van der Waals surface area contributed by atoms with Gasteiger partial charge in [-0.1, -0.05) is 12.1 Å². The zero-order valence-corrected chi connectivity index (χ0v) is 12.7. The Morgan fingerprint density at radius 2 is 1.81 bits per heavy atom. The molecule has 0 aliphatic rings. The fraction of sp³-hybridized carbons (Fsp3) is 0.143. The lowest BCUT2D eigenvalue weighted by Crippen LogP contribution is -2.21. The number of H-pyrrole nitrogens is 1. The predicted octanol–water partition coefficient (Wildman–Crippen LogP) is 3.44. The van der Waals surface area contributed by atoms with Gasteiger partial charge in [-0.25, -0.2) is 4.79 Å². The first-order valence-corrected chi connectivity index (χ1v) is 8.07. The van der Waals surface area contributed by atoms with Crippen molar-refractivity contribution >= 4 is 34.5 Å². The third-order valence-corrected chi connectivity index (χ3v) is 4.70. The molecule has 0 aliphatic carbocycles. The summed E-state index contributed by atoms with van der Waals surface area (Å²) in [6.45, 7) is 1.44. The maximum absolute atomic E-state index is 11.0. The second-order valence-corrected chi connectivity index (χ2v) is 6.52. The van der Waals surface area contributed by atoms with Crippen LogP contribution >= 0.6 is 22.7 Å². The van der Waals surface area contributed by atoms with Crippen LogP contribution in [-0.4, -0.2) is 21.3 Å². The third-order valence-electron chi connectivity index (χ3n) is 2.98. The fourth-order valence-electron chi connectivity index (χ4n) is 1.99. The number of aromatic nitrogens is 2. The number of thiophene rings is 2. The van der Waals surface area contributed by atoms with Crippen molar-refractivity contribution in [2.24, 2.45) is 0 Å². The van der Waals surface area contributed by atoms with Crippen molar-refractivity contribution < 1.29 is 9.90 Å². The van der Waals surface area contributed by atoms with Gasteiger partial charge in [-0.15, -0.1) is 22.7 Å². The van der Waals surface area contributed by atoms with Gasteiger partial charge in [0.25, 0.3) is 0 Å². The van der Waals surface area contributed by atoms with Crippen LogP contribution in [0.3, 0.4) is 0 Å². The molecule has 2 N–H and O–H groups in total. The molecular formula is C14H13N3O2S2. The molecule has 0 radical (unpaired) electrons. The molecule has 3 aromatic rings. The van der Waals surface area contributed by atoms with E-state index in [1.165, 1.54) is 9.75 Å². The molecule has 0 fully saturated rings. The van der Waals surface area contributed by atoms with Crippen molar-refractivity contribution in [3.8, 4) is 0 Å². The Bertz CT molecular complexity index is 668. The Morgan fingerprint density at radius 1 is 1.19 bits per heavy atom. The quantitative estimate of drug-likeness (QED) is 0.730. The van der Waals surface area contributed by atoms with E-state index in [2.05, 4.69) is 27.2 Å². The van der Waals surface area contributed by atoms with Gasteiger partial charge in [-0.2, -0.15) is 5.10 Å². The summed E-state index contributed by atoms with van der Waals surface area (Å²) >= 11 is 3.37. The number of anilines is 1. The number of aromatic carboxylic acids is 1. The number of nitrogens with one attached hydrogen (secondary N) is 1. The number of hydrogen-bond acceptors (Lipinski definition) is 5. The van der Waals surface area contributed by atoms with Gasteiger partial charge in [0.15, 0.2) is 5.69 Å². The molecule has 0 saturated heterocycles. The molecule has 21 heavy (non-hydrogen) atoms. The van der Waals surface area contributed by atoms with Crippen molar-refractivity contribution in [1.82, 2.24) is 10.2 Å². The maximum Gasteiger partial charge on any atom is 0.356 e. The van der Waals surface area contributed by atoms with Crippen LogP contribution in [0, 0.1) is 0 Å². The lowest BCUT2D eigenvalue weighted by Gasteiger charge is -2.21. The summed E-state index contributed by atoms with van der Waals surface area (Å²) in [4.78, 5) is 15.5. The summed E-state index contributed by atoms with van der Waals surface area (Å²) in [5.41, 5.74) is 0.0346. The number of carboxylic acids is 1. The molecular weight excluding hydrogens is 306 g/mol. The summed E-state index contributed by atoms with van der Waals surface area (Å²) in [5, 5.41) is 19.7. The number of carbonyl (C=O) groups is 1. The molecule has 0 unspecified atom stereocenters. The maximum atomic E-state index is 11.0. The number of nitrogens with zero attached hydrogens (tertiary/aromatic N) is 2. The van der Waals surface area contributed by atoms with Crippen LogP contribution in [-0.2, 0) is 13.1 Å². The van der Waals surface area contributed by atoms with Gasteiger partial charge in [-0.3, -0.25) is 5.10 Å². The highest BCUT2D eigenvalue weighted by Crippen LogP contribution is 2.22. The van der Waals surface area contributed by atoms with Crippen LogP contribution in [0.2, 0.25) is 0 Å². The Balaban J connectivity index is 1.84. The summed E-state index contributed by atoms with van der Waals surface area (Å²) in [6.07, 6.45) is 0. The van der Waals surface area contributed by atoms with E-state index in [0.717, 1.165) is 13.1 Å². The standard InChI is InChI=1S/C14H13N3O2S2/c18-14(19)12-7-13(16-15-12)17(8-10-3-1-5-20-10)9-11-4-2-6-21-11/h1-7H,8-9H2,(H,15,16)(H,18,19). The number of hydrogen-bond donors (Lipinski definition) is 2. The van der Waals surface area contributed by atoms with Crippen LogP contribution in [0.25, 0.3) is 0 Å². The van der Waals surface area contributed by atoms with E-state index in [0.29, 0.717) is 5.82 Å². The van der Waals surface area contributed by atoms with Gasteiger partial charge >= 0.3 is 5.97 Å². The van der Waals surface area contributed by atoms with Crippen molar-refractivity contribution in [2.75, 3.05) is 4.90 Å². The molecule has 5 nitrogen and oxygen atoms in total. The molecule has 108 valence electrons. The Hall–Kier alpha value is -2.12. The lowest BCUT2D eigenvalue weighted by molar-refractivity contribution is 0.0690. The zero-order chi connectivity index (χ0) is 14.7. The molecule has 0 spiro atoms. The molecule has 0 atom stereocenters. The smallest absolute Gasteiger partial charge is 0.356 e. The Morgan fingerprint density at radius 3 is 2.24 bits per heavy atom. The van der Waals surface area contributed by atoms with E-state index in [1.807, 2.05) is 22.9 Å². The van der Waals surface area contributed by atoms with Crippen molar-refractivity contribution in [3.05, 3.63) is 56.5 Å². The largest absolute Gasteiger partial charge is 0.476 e. The summed E-state index contributed by atoms with van der Waals surface area (Å²) in [7, 11) is 0. The molecule has 0 aromatic carbocycles. The van der Waals surface area contributed by atoms with Gasteiger partial charge < -0.3 is 10.0 Å². The normalized spacial score (nSPS) is 10.7. The Kier molecular flexibility index (Phi) is 4.03. The zero-order valence-electron chi connectivity index (χ0n) is 11.0. The highest BCUT2D eigenvalue weighted by atomic mass is 32.1. The van der Waals surface area contributed by atoms with Crippen LogP contribution in [0.1, 0.15) is 20.2 Å². The molecule has 0 bridgehead atoms. The van der Waals surface area contributed by atoms with E-state index in [4.69, 9.17) is 5.11 Å². The van der Waals surface area contributed by atoms with Crippen molar-refractivity contribution in [2.45, 2.75) is 13.1 Å². The van der Waals surface area contributed by atoms with Crippen molar-refractivity contribution in [1.29, 1.82) is 0 Å². The second-order valence-electron chi connectivity index (χ2n) is 4.46. The van der Waals surface area contributed by atoms with Crippen LogP contribution in [0.5, 0.6) is 0 Å². The first kappa shape index (κ1) is 13.8. The Labute approximate surface area is 129 Å². The number of rotatable bonds is 6. The van der Waals surface area contributed by atoms with Gasteiger partial charge in [0.1, 0.15) is 5.82 Å². The molecule has 0 amide bonds. The first-order valence-electron chi connectivity index (χ1n) is 6.31. The predicted molar refractivity (Wildman–Crippen MR) is 84.1 cm³/mol. The molecule has 7 heteroatoms. The lowest BCUT2D eigenvalue weighted by atomic mass is 10.3. The van der Waals surface area contributed by atoms with Gasteiger partial charge in [0.2, 0.25) is 0 Å². The summed E-state index contributed by atoms with van der Waals surface area (Å²) in [5.74, 6) is -0.307. The van der Waals surface area contributed by atoms with E-state index in [9.17, 15) is 4.79 Å². The van der Waals surface area contributed by atoms with Crippen LogP contribution in [0.15, 0.2) is 41.1 Å². The average Bonchev–Trinajstić information content (AvgIpc) is 3.21. The van der Waals surface area contributed by atoms with Crippen LogP contribution < -0.4 is 4.90 Å². The third kappa shape index (κ3) is 3.32. The molecule has 3 heterocycles. The minimum Gasteiger partial charge on any atom is -0.476 e. The van der Waals surface area contributed by atoms with Gasteiger partial charge in [0, 0.05) is 15.8 Å². The highest BCUT2D eigenvalue weighted by molar-refractivity contribution is 7.10. The highest BCUT2D eigenvalue weighted by Gasteiger charge is 2.15. The monoisotopic (exact) mass is 319 g/mol. The van der Waals surface area contributed by atoms with E-state index in [-0.39, 0.29) is 5.69 Å². The second kappa shape index (κ2) is 6.11. The van der Waals surface area contributed by atoms with E-state index >= 15 is 0 Å².